The maximum Gasteiger partial charge on any atom is 0.375 e. The Morgan fingerprint density at radius 3 is 2.79 bits per heavy atom. The predicted octanol–water partition coefficient (Wildman–Crippen LogP) is 1.98. The number of carboxylic acids is 1. The zero-order valence-corrected chi connectivity index (χ0v) is 6.82. The third kappa shape index (κ3) is 1.10. The van der Waals surface area contributed by atoms with Gasteiger partial charge in [-0.15, -0.1) is 0 Å². The smallest absolute Gasteiger partial charge is 0.375 e. The molecule has 14 heavy (non-hydrogen) atoms. The van der Waals surface area contributed by atoms with Crippen LogP contribution in [-0.2, 0) is 0 Å². The van der Waals surface area contributed by atoms with Crippen molar-refractivity contribution in [3.05, 3.63) is 29.8 Å². The summed E-state index contributed by atoms with van der Waals surface area (Å²) in [5.74, 6) is -3.00. The Hall–Kier alpha value is -2.04. The quantitative estimate of drug-likeness (QED) is 0.731. The van der Waals surface area contributed by atoms with E-state index < -0.39 is 23.3 Å². The second-order valence-electron chi connectivity index (χ2n) is 2.73. The Balaban J connectivity index is 2.79. The molecule has 4 nitrogen and oxygen atoms in total. The van der Waals surface area contributed by atoms with Gasteiger partial charge in [0.15, 0.2) is 5.75 Å². The van der Waals surface area contributed by atoms with E-state index in [1.165, 1.54) is 6.07 Å². The van der Waals surface area contributed by atoms with E-state index in [2.05, 4.69) is 0 Å². The molecule has 0 aliphatic rings. The summed E-state index contributed by atoms with van der Waals surface area (Å²) < 4.78 is 17.4. The number of hydrogen-bond donors (Lipinski definition) is 2. The Kier molecular flexibility index (Phi) is 1.67. The molecule has 0 radical (unpaired) electrons. The van der Waals surface area contributed by atoms with Crippen LogP contribution in [0.5, 0.6) is 5.75 Å². The molecule has 0 saturated heterocycles. The minimum atomic E-state index is -1.39. The number of hydrogen-bond acceptors (Lipinski definition) is 3. The van der Waals surface area contributed by atoms with Gasteiger partial charge in [-0.05, 0) is 12.1 Å². The SMILES string of the molecule is O=C(O)c1oc2cc(F)ccc2c1O. The lowest BCUT2D eigenvalue weighted by atomic mass is 10.2. The summed E-state index contributed by atoms with van der Waals surface area (Å²) >= 11 is 0. The number of benzene rings is 1. The molecule has 0 amide bonds. The average Bonchev–Trinajstić information content (AvgIpc) is 2.43. The van der Waals surface area contributed by atoms with Crippen molar-refractivity contribution < 1.29 is 23.8 Å². The van der Waals surface area contributed by atoms with Crippen LogP contribution < -0.4 is 0 Å². The van der Waals surface area contributed by atoms with Crippen LogP contribution in [0.3, 0.4) is 0 Å². The van der Waals surface area contributed by atoms with Gasteiger partial charge >= 0.3 is 5.97 Å². The molecule has 0 unspecified atom stereocenters. The van der Waals surface area contributed by atoms with Gasteiger partial charge in [0.05, 0.1) is 5.39 Å². The number of carbonyl (C=O) groups is 1. The minimum Gasteiger partial charge on any atom is -0.504 e. The van der Waals surface area contributed by atoms with E-state index in [-0.39, 0.29) is 11.0 Å². The van der Waals surface area contributed by atoms with Gasteiger partial charge in [-0.3, -0.25) is 0 Å². The molecule has 0 fully saturated rings. The van der Waals surface area contributed by atoms with Crippen molar-refractivity contribution in [3.63, 3.8) is 0 Å². The fraction of sp³-hybridized carbons (Fsp3) is 0. The monoisotopic (exact) mass is 196 g/mol. The molecule has 0 aliphatic carbocycles. The molecule has 0 spiro atoms. The molecule has 72 valence electrons. The molecule has 0 saturated carbocycles. The van der Waals surface area contributed by atoms with Crippen molar-refractivity contribution in [2.45, 2.75) is 0 Å². The molecule has 0 aliphatic heterocycles. The number of halogens is 1. The van der Waals surface area contributed by atoms with Crippen molar-refractivity contribution in [2.24, 2.45) is 0 Å². The van der Waals surface area contributed by atoms with Crippen LogP contribution in [0.2, 0.25) is 0 Å². The third-order valence-electron chi connectivity index (χ3n) is 1.82. The highest BCUT2D eigenvalue weighted by Gasteiger charge is 2.19. The largest absolute Gasteiger partial charge is 0.504 e. The topological polar surface area (TPSA) is 70.7 Å². The normalized spacial score (nSPS) is 10.6. The molecule has 1 heterocycles. The first kappa shape index (κ1) is 8.55. The molecule has 0 bridgehead atoms. The number of aromatic hydroxyl groups is 1. The number of fused-ring (bicyclic) bond motifs is 1. The fourth-order valence-electron chi connectivity index (χ4n) is 1.20. The van der Waals surface area contributed by atoms with Crippen LogP contribution in [0.15, 0.2) is 22.6 Å². The fourth-order valence-corrected chi connectivity index (χ4v) is 1.20. The first-order valence-electron chi connectivity index (χ1n) is 3.74. The van der Waals surface area contributed by atoms with E-state index in [0.717, 1.165) is 12.1 Å². The molecule has 1 aromatic heterocycles. The van der Waals surface area contributed by atoms with E-state index in [4.69, 9.17) is 9.52 Å². The summed E-state index contributed by atoms with van der Waals surface area (Å²) in [6.45, 7) is 0. The van der Waals surface area contributed by atoms with Crippen molar-refractivity contribution in [2.75, 3.05) is 0 Å². The molecule has 1 aromatic carbocycles. The molecule has 2 rings (SSSR count). The summed E-state index contributed by atoms with van der Waals surface area (Å²) in [5, 5.41) is 18.1. The van der Waals surface area contributed by atoms with Gasteiger partial charge in [0.25, 0.3) is 5.76 Å². The van der Waals surface area contributed by atoms with Crippen LogP contribution in [0, 0.1) is 5.82 Å². The highest BCUT2D eigenvalue weighted by molar-refractivity contribution is 5.97. The van der Waals surface area contributed by atoms with Gasteiger partial charge < -0.3 is 14.6 Å². The highest BCUT2D eigenvalue weighted by Crippen LogP contribution is 2.32. The van der Waals surface area contributed by atoms with Crippen LogP contribution in [0.1, 0.15) is 10.6 Å². The second-order valence-corrected chi connectivity index (χ2v) is 2.73. The lowest BCUT2D eigenvalue weighted by Crippen LogP contribution is -1.92. The maximum atomic E-state index is 12.7. The first-order valence-corrected chi connectivity index (χ1v) is 3.74. The molecule has 2 aromatic rings. The zero-order valence-electron chi connectivity index (χ0n) is 6.82. The summed E-state index contributed by atoms with van der Waals surface area (Å²) in [5.41, 5.74) is 0.0138. The van der Waals surface area contributed by atoms with E-state index in [1.54, 1.807) is 0 Å². The number of rotatable bonds is 1. The van der Waals surface area contributed by atoms with Gasteiger partial charge in [0.2, 0.25) is 0 Å². The van der Waals surface area contributed by atoms with Gasteiger partial charge in [-0.25, -0.2) is 9.18 Å². The van der Waals surface area contributed by atoms with Gasteiger partial charge in [-0.2, -0.15) is 0 Å². The van der Waals surface area contributed by atoms with E-state index in [0.29, 0.717) is 0 Å². The van der Waals surface area contributed by atoms with E-state index in [9.17, 15) is 14.3 Å². The van der Waals surface area contributed by atoms with Gasteiger partial charge in [0.1, 0.15) is 11.4 Å². The van der Waals surface area contributed by atoms with Crippen LogP contribution >= 0.6 is 0 Å². The Morgan fingerprint density at radius 1 is 1.43 bits per heavy atom. The molecular weight excluding hydrogens is 191 g/mol. The standard InChI is InChI=1S/C9H5FO4/c10-4-1-2-5-6(3-4)14-8(7(5)11)9(12)13/h1-3,11H,(H,12,13). The number of furan rings is 1. The summed E-state index contributed by atoms with van der Waals surface area (Å²) in [6.07, 6.45) is 0. The number of carboxylic acid groups (broad SMARTS) is 1. The Bertz CT molecular complexity index is 515. The lowest BCUT2D eigenvalue weighted by Gasteiger charge is -1.87. The van der Waals surface area contributed by atoms with Crippen molar-refractivity contribution in [1.29, 1.82) is 0 Å². The van der Waals surface area contributed by atoms with Crippen LogP contribution in [-0.4, -0.2) is 16.2 Å². The summed E-state index contributed by atoms with van der Waals surface area (Å²) in [4.78, 5) is 10.5. The molecule has 5 heteroatoms. The first-order chi connectivity index (χ1) is 6.59. The van der Waals surface area contributed by atoms with Crippen LogP contribution in [0.25, 0.3) is 11.0 Å². The van der Waals surface area contributed by atoms with Crippen LogP contribution in [0.4, 0.5) is 4.39 Å². The van der Waals surface area contributed by atoms with E-state index in [1.807, 2.05) is 0 Å². The van der Waals surface area contributed by atoms with Gasteiger partial charge in [-0.1, -0.05) is 0 Å². The Morgan fingerprint density at radius 2 is 2.14 bits per heavy atom. The molecular formula is C9H5FO4. The summed E-state index contributed by atoms with van der Waals surface area (Å²) in [7, 11) is 0. The lowest BCUT2D eigenvalue weighted by molar-refractivity contribution is 0.0660. The predicted molar refractivity (Wildman–Crippen MR) is 44.8 cm³/mol. The van der Waals surface area contributed by atoms with Crippen molar-refractivity contribution in [1.82, 2.24) is 0 Å². The second kappa shape index (κ2) is 2.73. The van der Waals surface area contributed by atoms with Gasteiger partial charge in [0, 0.05) is 6.07 Å². The maximum absolute atomic E-state index is 12.7. The molecule has 0 atom stereocenters. The molecule has 2 N–H and O–H groups in total. The third-order valence-corrected chi connectivity index (χ3v) is 1.82. The van der Waals surface area contributed by atoms with Crippen molar-refractivity contribution >= 4 is 16.9 Å². The van der Waals surface area contributed by atoms with Crippen molar-refractivity contribution in [3.8, 4) is 5.75 Å². The minimum absolute atomic E-state index is 0.0138. The highest BCUT2D eigenvalue weighted by atomic mass is 19.1. The Labute approximate surface area is 77.2 Å². The number of aromatic carboxylic acids is 1. The van der Waals surface area contributed by atoms with E-state index >= 15 is 0 Å². The summed E-state index contributed by atoms with van der Waals surface area (Å²) in [6, 6.07) is 3.39. The average molecular weight is 196 g/mol. The zero-order chi connectivity index (χ0) is 10.3.